The van der Waals surface area contributed by atoms with Crippen LogP contribution in [0.1, 0.15) is 35.8 Å². The first-order chi connectivity index (χ1) is 16.4. The summed E-state index contributed by atoms with van der Waals surface area (Å²) in [6, 6.07) is 13.1. The molecule has 1 heterocycles. The zero-order chi connectivity index (χ0) is 24.4. The van der Waals surface area contributed by atoms with E-state index in [1.807, 2.05) is 30.3 Å². The molecular formula is C27H29NO6. The van der Waals surface area contributed by atoms with Crippen LogP contribution in [0.3, 0.4) is 0 Å². The zero-order valence-electron chi connectivity index (χ0n) is 19.8. The van der Waals surface area contributed by atoms with Gasteiger partial charge >= 0.3 is 5.97 Å². The van der Waals surface area contributed by atoms with Gasteiger partial charge in [-0.05, 0) is 36.2 Å². The molecule has 2 aromatic rings. The Hall–Kier alpha value is -3.74. The van der Waals surface area contributed by atoms with Gasteiger partial charge in [-0.2, -0.15) is 0 Å². The second-order valence-corrected chi connectivity index (χ2v) is 8.40. The molecule has 0 aromatic heterocycles. The molecule has 0 spiro atoms. The van der Waals surface area contributed by atoms with Crippen LogP contribution in [-0.2, 0) is 14.3 Å². The minimum Gasteiger partial charge on any atom is -0.497 e. The summed E-state index contributed by atoms with van der Waals surface area (Å²) in [6.07, 6.45) is 0.876. The van der Waals surface area contributed by atoms with E-state index >= 15 is 0 Å². The summed E-state index contributed by atoms with van der Waals surface area (Å²) in [4.78, 5) is 26.6. The fourth-order valence-electron chi connectivity index (χ4n) is 5.10. The van der Waals surface area contributed by atoms with E-state index in [0.717, 1.165) is 17.0 Å². The molecule has 2 aromatic carbocycles. The Morgan fingerprint density at radius 1 is 0.941 bits per heavy atom. The third kappa shape index (κ3) is 4.02. The smallest absolute Gasteiger partial charge is 0.315 e. The summed E-state index contributed by atoms with van der Waals surface area (Å²) in [6.45, 7) is 4.13. The summed E-state index contributed by atoms with van der Waals surface area (Å²) in [5.41, 5.74) is 3.45. The predicted molar refractivity (Wildman–Crippen MR) is 127 cm³/mol. The molecule has 0 saturated carbocycles. The van der Waals surface area contributed by atoms with E-state index in [4.69, 9.17) is 18.9 Å². The van der Waals surface area contributed by atoms with Gasteiger partial charge in [-0.3, -0.25) is 9.59 Å². The van der Waals surface area contributed by atoms with Crippen molar-refractivity contribution in [2.24, 2.45) is 5.92 Å². The number of methoxy groups -OCH3 is 4. The molecule has 7 heteroatoms. The summed E-state index contributed by atoms with van der Waals surface area (Å²) in [5.74, 6) is -0.0900. The number of esters is 1. The minimum atomic E-state index is -0.795. The Bertz CT molecular complexity index is 1170. The van der Waals surface area contributed by atoms with Crippen molar-refractivity contribution in [3.05, 3.63) is 77.1 Å². The maximum absolute atomic E-state index is 13.7. The maximum Gasteiger partial charge on any atom is 0.315 e. The molecule has 3 atom stereocenters. The monoisotopic (exact) mass is 463 g/mol. The van der Waals surface area contributed by atoms with Crippen molar-refractivity contribution in [1.82, 2.24) is 5.32 Å². The molecule has 4 rings (SSSR count). The van der Waals surface area contributed by atoms with E-state index in [0.29, 0.717) is 41.2 Å². The average Bonchev–Trinajstić information content (AvgIpc) is 2.86. The number of para-hydroxylation sites is 1. The molecule has 178 valence electrons. The van der Waals surface area contributed by atoms with Crippen molar-refractivity contribution in [3.63, 3.8) is 0 Å². The highest BCUT2D eigenvalue weighted by molar-refractivity contribution is 6.01. The number of allylic oxidation sites excluding steroid dienone is 2. The number of hydrogen-bond acceptors (Lipinski definition) is 7. The van der Waals surface area contributed by atoms with Crippen molar-refractivity contribution in [2.45, 2.75) is 24.7 Å². The van der Waals surface area contributed by atoms with Crippen molar-refractivity contribution >= 4 is 11.8 Å². The normalized spacial score (nSPS) is 21.9. The molecule has 0 saturated heterocycles. The Morgan fingerprint density at radius 2 is 1.65 bits per heavy atom. The van der Waals surface area contributed by atoms with Gasteiger partial charge in [0.1, 0.15) is 23.2 Å². The lowest BCUT2D eigenvalue weighted by Crippen LogP contribution is -2.42. The molecule has 1 aliphatic carbocycles. The fraction of sp³-hybridized carbons (Fsp3) is 0.333. The van der Waals surface area contributed by atoms with Crippen LogP contribution < -0.4 is 19.5 Å². The highest BCUT2D eigenvalue weighted by Crippen LogP contribution is 2.50. The molecule has 7 nitrogen and oxygen atoms in total. The first-order valence-corrected chi connectivity index (χ1v) is 11.1. The lowest BCUT2D eigenvalue weighted by Gasteiger charge is -2.40. The molecule has 0 radical (unpaired) electrons. The molecule has 0 fully saturated rings. The number of ketones is 1. The maximum atomic E-state index is 13.7. The predicted octanol–water partition coefficient (Wildman–Crippen LogP) is 4.10. The van der Waals surface area contributed by atoms with Crippen LogP contribution in [-0.4, -0.2) is 40.2 Å². The van der Waals surface area contributed by atoms with Gasteiger partial charge in [0.05, 0.1) is 28.4 Å². The van der Waals surface area contributed by atoms with E-state index in [1.165, 1.54) is 7.11 Å². The summed E-state index contributed by atoms with van der Waals surface area (Å²) >= 11 is 0. The first-order valence-electron chi connectivity index (χ1n) is 11.1. The minimum absolute atomic E-state index is 0.0408. The largest absolute Gasteiger partial charge is 0.497 e. The molecule has 1 aliphatic heterocycles. The van der Waals surface area contributed by atoms with Gasteiger partial charge in [-0.25, -0.2) is 0 Å². The van der Waals surface area contributed by atoms with Gasteiger partial charge in [-0.1, -0.05) is 24.8 Å². The zero-order valence-corrected chi connectivity index (χ0v) is 19.8. The first kappa shape index (κ1) is 23.4. The number of nitrogens with one attached hydrogen (secondary N) is 1. The summed E-state index contributed by atoms with van der Waals surface area (Å²) in [5, 5.41) is 3.27. The quantitative estimate of drug-likeness (QED) is 0.646. The standard InChI is InChI=1S/C27H29NO6/c1-15-24(27(30)34-5)25(19-14-17(31-2)10-11-23(19)33-4)26-20(28-15)12-16(13-21(26)29)18-8-6-7-9-22(18)32-3/h6-11,14,16,24-25,28H,1,12-13H2,2-5H3. The average molecular weight is 464 g/mol. The summed E-state index contributed by atoms with van der Waals surface area (Å²) < 4.78 is 21.7. The molecule has 34 heavy (non-hydrogen) atoms. The van der Waals surface area contributed by atoms with E-state index in [2.05, 4.69) is 11.9 Å². The third-order valence-corrected chi connectivity index (χ3v) is 6.64. The lowest BCUT2D eigenvalue weighted by molar-refractivity contribution is -0.144. The summed E-state index contributed by atoms with van der Waals surface area (Å²) in [7, 11) is 6.09. The molecule has 0 bridgehead atoms. The number of benzene rings is 2. The van der Waals surface area contributed by atoms with Crippen molar-refractivity contribution in [2.75, 3.05) is 28.4 Å². The Morgan fingerprint density at radius 3 is 2.32 bits per heavy atom. The van der Waals surface area contributed by atoms with Gasteiger partial charge in [0.25, 0.3) is 0 Å². The number of rotatable bonds is 6. The number of ether oxygens (including phenoxy) is 4. The molecule has 2 aliphatic rings. The van der Waals surface area contributed by atoms with Crippen LogP contribution in [0.15, 0.2) is 66.0 Å². The fourth-order valence-corrected chi connectivity index (χ4v) is 5.10. The van der Waals surface area contributed by atoms with Crippen LogP contribution in [0.4, 0.5) is 0 Å². The molecule has 1 N–H and O–H groups in total. The van der Waals surface area contributed by atoms with Crippen molar-refractivity contribution in [1.29, 1.82) is 0 Å². The van der Waals surface area contributed by atoms with Crippen LogP contribution in [0.5, 0.6) is 17.2 Å². The SMILES string of the molecule is C=C1NC2=C(C(=O)CC(c3ccccc3OC)C2)C(c2cc(OC)ccc2OC)C1C(=O)OC. The Labute approximate surface area is 199 Å². The Balaban J connectivity index is 1.87. The van der Waals surface area contributed by atoms with Crippen LogP contribution in [0.25, 0.3) is 0 Å². The van der Waals surface area contributed by atoms with Crippen LogP contribution in [0.2, 0.25) is 0 Å². The Kier molecular flexibility index (Phi) is 6.63. The topological polar surface area (TPSA) is 83.1 Å². The highest BCUT2D eigenvalue weighted by Gasteiger charge is 2.46. The molecule has 3 unspecified atom stereocenters. The molecule has 0 amide bonds. The van der Waals surface area contributed by atoms with Crippen molar-refractivity contribution in [3.8, 4) is 17.2 Å². The second kappa shape index (κ2) is 9.63. The van der Waals surface area contributed by atoms with E-state index < -0.39 is 17.8 Å². The van der Waals surface area contributed by atoms with Gasteiger partial charge in [0.15, 0.2) is 5.78 Å². The lowest BCUT2D eigenvalue weighted by atomic mass is 9.68. The number of carbonyl (C=O) groups excluding carboxylic acids is 2. The van der Waals surface area contributed by atoms with E-state index in [-0.39, 0.29) is 11.7 Å². The number of hydrogen-bond donors (Lipinski definition) is 1. The molecular weight excluding hydrogens is 434 g/mol. The number of carbonyl (C=O) groups is 2. The van der Waals surface area contributed by atoms with E-state index in [9.17, 15) is 9.59 Å². The van der Waals surface area contributed by atoms with Crippen molar-refractivity contribution < 1.29 is 28.5 Å². The number of Topliss-reactive ketones (excluding diaryl/α,β-unsaturated/α-hetero) is 1. The third-order valence-electron chi connectivity index (χ3n) is 6.64. The van der Waals surface area contributed by atoms with Gasteiger partial charge < -0.3 is 24.3 Å². The van der Waals surface area contributed by atoms with E-state index in [1.54, 1.807) is 33.5 Å². The van der Waals surface area contributed by atoms with Gasteiger partial charge in [0, 0.05) is 40.8 Å². The van der Waals surface area contributed by atoms with Crippen LogP contribution >= 0.6 is 0 Å². The second-order valence-electron chi connectivity index (χ2n) is 8.40. The van der Waals surface area contributed by atoms with Gasteiger partial charge in [0.2, 0.25) is 0 Å². The van der Waals surface area contributed by atoms with Gasteiger partial charge in [-0.15, -0.1) is 0 Å². The highest BCUT2D eigenvalue weighted by atomic mass is 16.5. The van der Waals surface area contributed by atoms with Crippen LogP contribution in [0, 0.1) is 5.92 Å².